The van der Waals surface area contributed by atoms with Crippen molar-refractivity contribution in [1.82, 2.24) is 20.5 Å². The number of rotatable bonds is 1. The fraction of sp³-hybridized carbons (Fsp3) is 0.750. The van der Waals surface area contributed by atoms with Crippen LogP contribution < -0.4 is 5.32 Å². The van der Waals surface area contributed by atoms with Crippen LogP contribution in [0.25, 0.3) is 0 Å². The van der Waals surface area contributed by atoms with E-state index >= 15 is 0 Å². The summed E-state index contributed by atoms with van der Waals surface area (Å²) in [5.74, 6) is 0.983. The van der Waals surface area contributed by atoms with E-state index in [0.717, 1.165) is 12.4 Å². The fourth-order valence-corrected chi connectivity index (χ4v) is 1.64. The first kappa shape index (κ1) is 7.73. The molecule has 1 atom stereocenters. The fourth-order valence-electron chi connectivity index (χ4n) is 1.64. The van der Waals surface area contributed by atoms with E-state index in [1.165, 1.54) is 25.7 Å². The van der Waals surface area contributed by atoms with Crippen LogP contribution in [0.2, 0.25) is 0 Å². The van der Waals surface area contributed by atoms with Crippen molar-refractivity contribution in [1.29, 1.82) is 0 Å². The van der Waals surface area contributed by atoms with E-state index in [9.17, 15) is 0 Å². The van der Waals surface area contributed by atoms with Crippen molar-refractivity contribution in [2.45, 2.75) is 31.7 Å². The Kier molecular flexibility index (Phi) is 2.36. The second kappa shape index (κ2) is 3.67. The SMILES string of the molecule is c1n[nH]c(C2CCCCCN2)n1. The average Bonchev–Trinajstić information content (AvgIpc) is 2.48. The first-order valence-corrected chi connectivity index (χ1v) is 4.55. The van der Waals surface area contributed by atoms with Crippen LogP contribution in [-0.4, -0.2) is 21.7 Å². The normalized spacial score (nSPS) is 25.2. The molecule has 1 saturated heterocycles. The molecule has 4 nitrogen and oxygen atoms in total. The Labute approximate surface area is 71.8 Å². The van der Waals surface area contributed by atoms with Crippen LogP contribution in [0.15, 0.2) is 6.33 Å². The quantitative estimate of drug-likeness (QED) is 0.654. The minimum Gasteiger partial charge on any atom is -0.307 e. The Morgan fingerprint density at radius 3 is 3.17 bits per heavy atom. The molecule has 2 N–H and O–H groups in total. The molecule has 1 aromatic rings. The van der Waals surface area contributed by atoms with Gasteiger partial charge in [0, 0.05) is 0 Å². The maximum absolute atomic E-state index is 4.15. The summed E-state index contributed by atoms with van der Waals surface area (Å²) in [6, 6.07) is 0.398. The van der Waals surface area contributed by atoms with Gasteiger partial charge in [0.25, 0.3) is 0 Å². The number of aromatic amines is 1. The number of hydrogen-bond acceptors (Lipinski definition) is 3. The van der Waals surface area contributed by atoms with Gasteiger partial charge in [0.1, 0.15) is 12.2 Å². The van der Waals surface area contributed by atoms with Gasteiger partial charge in [-0.3, -0.25) is 5.10 Å². The molecule has 0 aromatic carbocycles. The molecule has 4 heteroatoms. The third-order valence-corrected chi connectivity index (χ3v) is 2.32. The van der Waals surface area contributed by atoms with Gasteiger partial charge in [-0.15, -0.1) is 0 Å². The molecule has 0 bridgehead atoms. The number of nitrogens with zero attached hydrogens (tertiary/aromatic N) is 2. The summed E-state index contributed by atoms with van der Waals surface area (Å²) in [7, 11) is 0. The maximum atomic E-state index is 4.15. The summed E-state index contributed by atoms with van der Waals surface area (Å²) >= 11 is 0. The topological polar surface area (TPSA) is 53.6 Å². The third-order valence-electron chi connectivity index (χ3n) is 2.32. The zero-order valence-corrected chi connectivity index (χ0v) is 7.08. The second-order valence-electron chi connectivity index (χ2n) is 3.23. The van der Waals surface area contributed by atoms with Crippen molar-refractivity contribution in [3.8, 4) is 0 Å². The van der Waals surface area contributed by atoms with Gasteiger partial charge in [-0.05, 0) is 19.4 Å². The second-order valence-corrected chi connectivity index (χ2v) is 3.23. The Morgan fingerprint density at radius 1 is 1.33 bits per heavy atom. The summed E-state index contributed by atoms with van der Waals surface area (Å²) in [5, 5.41) is 10.2. The van der Waals surface area contributed by atoms with Gasteiger partial charge in [0.05, 0.1) is 6.04 Å². The zero-order chi connectivity index (χ0) is 8.23. The van der Waals surface area contributed by atoms with Crippen molar-refractivity contribution in [3.05, 3.63) is 12.2 Å². The lowest BCUT2D eigenvalue weighted by molar-refractivity contribution is 0.509. The highest BCUT2D eigenvalue weighted by molar-refractivity contribution is 4.91. The Bertz CT molecular complexity index is 211. The van der Waals surface area contributed by atoms with Crippen molar-refractivity contribution < 1.29 is 0 Å². The average molecular weight is 166 g/mol. The van der Waals surface area contributed by atoms with E-state index in [0.29, 0.717) is 6.04 Å². The van der Waals surface area contributed by atoms with E-state index in [1.807, 2.05) is 0 Å². The van der Waals surface area contributed by atoms with Crippen molar-refractivity contribution in [2.24, 2.45) is 0 Å². The molecule has 1 aromatic heterocycles. The monoisotopic (exact) mass is 166 g/mol. The van der Waals surface area contributed by atoms with Crippen molar-refractivity contribution in [3.63, 3.8) is 0 Å². The van der Waals surface area contributed by atoms with Gasteiger partial charge in [0.2, 0.25) is 0 Å². The van der Waals surface area contributed by atoms with Gasteiger partial charge in [0.15, 0.2) is 0 Å². The summed E-state index contributed by atoms with van der Waals surface area (Å²) in [6.45, 7) is 1.10. The minimum atomic E-state index is 0.398. The van der Waals surface area contributed by atoms with Crippen molar-refractivity contribution >= 4 is 0 Å². The van der Waals surface area contributed by atoms with Crippen LogP contribution in [0.5, 0.6) is 0 Å². The molecule has 0 saturated carbocycles. The van der Waals surface area contributed by atoms with E-state index in [4.69, 9.17) is 0 Å². The number of nitrogens with one attached hydrogen (secondary N) is 2. The van der Waals surface area contributed by atoms with Gasteiger partial charge in [-0.2, -0.15) is 5.10 Å². The van der Waals surface area contributed by atoms with Crippen LogP contribution >= 0.6 is 0 Å². The molecule has 0 aliphatic carbocycles. The molecular weight excluding hydrogens is 152 g/mol. The number of hydrogen-bond donors (Lipinski definition) is 2. The maximum Gasteiger partial charge on any atom is 0.141 e. The van der Waals surface area contributed by atoms with E-state index in [-0.39, 0.29) is 0 Å². The molecule has 2 rings (SSSR count). The van der Waals surface area contributed by atoms with Crippen LogP contribution in [0.1, 0.15) is 37.5 Å². The first-order chi connectivity index (χ1) is 5.97. The smallest absolute Gasteiger partial charge is 0.141 e. The van der Waals surface area contributed by atoms with E-state index in [1.54, 1.807) is 6.33 Å². The largest absolute Gasteiger partial charge is 0.307 e. The van der Waals surface area contributed by atoms with E-state index < -0.39 is 0 Å². The lowest BCUT2D eigenvalue weighted by Crippen LogP contribution is -2.21. The highest BCUT2D eigenvalue weighted by atomic mass is 15.2. The standard InChI is InChI=1S/C8H14N4/c1-2-4-7(9-5-3-1)8-10-6-11-12-8/h6-7,9H,1-5H2,(H,10,11,12). The summed E-state index contributed by atoms with van der Waals surface area (Å²) in [6.07, 6.45) is 6.65. The number of aromatic nitrogens is 3. The molecule has 0 spiro atoms. The summed E-state index contributed by atoms with van der Waals surface area (Å²) in [4.78, 5) is 4.15. The Balaban J connectivity index is 2.02. The van der Waals surface area contributed by atoms with Crippen molar-refractivity contribution in [2.75, 3.05) is 6.54 Å². The molecule has 1 aliphatic rings. The molecule has 1 aliphatic heterocycles. The predicted molar refractivity (Wildman–Crippen MR) is 45.6 cm³/mol. The minimum absolute atomic E-state index is 0.398. The molecular formula is C8H14N4. The molecule has 0 amide bonds. The lowest BCUT2D eigenvalue weighted by Gasteiger charge is -2.11. The summed E-state index contributed by atoms with van der Waals surface area (Å²) < 4.78 is 0. The highest BCUT2D eigenvalue weighted by Gasteiger charge is 2.15. The first-order valence-electron chi connectivity index (χ1n) is 4.55. The molecule has 66 valence electrons. The zero-order valence-electron chi connectivity index (χ0n) is 7.08. The van der Waals surface area contributed by atoms with Crippen LogP contribution in [0.4, 0.5) is 0 Å². The lowest BCUT2D eigenvalue weighted by atomic mass is 10.1. The number of H-pyrrole nitrogens is 1. The molecule has 0 radical (unpaired) electrons. The van der Waals surface area contributed by atoms with Crippen LogP contribution in [-0.2, 0) is 0 Å². The van der Waals surface area contributed by atoms with Gasteiger partial charge >= 0.3 is 0 Å². The van der Waals surface area contributed by atoms with Crippen LogP contribution in [0.3, 0.4) is 0 Å². The highest BCUT2D eigenvalue weighted by Crippen LogP contribution is 2.18. The molecule has 2 heterocycles. The third kappa shape index (κ3) is 1.64. The van der Waals surface area contributed by atoms with Gasteiger partial charge in [-0.1, -0.05) is 12.8 Å². The molecule has 1 fully saturated rings. The van der Waals surface area contributed by atoms with Gasteiger partial charge in [-0.25, -0.2) is 4.98 Å². The summed E-state index contributed by atoms with van der Waals surface area (Å²) in [5.41, 5.74) is 0. The van der Waals surface area contributed by atoms with E-state index in [2.05, 4.69) is 20.5 Å². The Morgan fingerprint density at radius 2 is 2.33 bits per heavy atom. The molecule has 12 heavy (non-hydrogen) atoms. The van der Waals surface area contributed by atoms with Crippen LogP contribution in [0, 0.1) is 0 Å². The molecule has 1 unspecified atom stereocenters. The van der Waals surface area contributed by atoms with Gasteiger partial charge < -0.3 is 5.32 Å². The Hall–Kier alpha value is -0.900. The predicted octanol–water partition coefficient (Wildman–Crippen LogP) is 1.01.